The third kappa shape index (κ3) is 3.62. The maximum Gasteiger partial charge on any atom is -0.0178 e. The summed E-state index contributed by atoms with van der Waals surface area (Å²) in [6.45, 7) is 8.28. The predicted octanol–water partition coefficient (Wildman–Crippen LogP) is 4.99. The van der Waals surface area contributed by atoms with Crippen LogP contribution in [-0.4, -0.2) is 0 Å². The zero-order valence-corrected chi connectivity index (χ0v) is 11.1. The third-order valence-electron chi connectivity index (χ3n) is 2.67. The molecule has 0 saturated carbocycles. The fourth-order valence-electron chi connectivity index (χ4n) is 1.57. The van der Waals surface area contributed by atoms with E-state index in [1.807, 2.05) is 32.1 Å². The number of allylic oxidation sites excluding steroid dienone is 5. The Kier molecular flexibility index (Phi) is 5.26. The molecule has 0 amide bonds. The number of hydrogen-bond donors (Lipinski definition) is 0. The lowest BCUT2D eigenvalue weighted by atomic mass is 10.00. The smallest absolute Gasteiger partial charge is 0.0178 e. The Labute approximate surface area is 105 Å². The van der Waals surface area contributed by atoms with E-state index < -0.39 is 0 Å². The van der Waals surface area contributed by atoms with Gasteiger partial charge in [0, 0.05) is 0 Å². The maximum absolute atomic E-state index is 3.06. The van der Waals surface area contributed by atoms with Crippen molar-refractivity contribution in [2.45, 2.75) is 27.7 Å². The molecule has 0 nitrogen and oxygen atoms in total. The fraction of sp³-hybridized carbons (Fsp3) is 0.235. The summed E-state index contributed by atoms with van der Waals surface area (Å²) in [5, 5.41) is 0. The van der Waals surface area contributed by atoms with E-state index in [0.717, 1.165) is 0 Å². The molecule has 1 aliphatic rings. The molecule has 0 aliphatic heterocycles. The van der Waals surface area contributed by atoms with Crippen LogP contribution in [0.25, 0.3) is 5.57 Å². The molecule has 1 aromatic rings. The minimum Gasteiger partial charge on any atom is -0.121 e. The first-order chi connectivity index (χ1) is 8.27. The van der Waals surface area contributed by atoms with Gasteiger partial charge in [-0.05, 0) is 54.3 Å². The van der Waals surface area contributed by atoms with Crippen LogP contribution in [0.2, 0.25) is 0 Å². The summed E-state index contributed by atoms with van der Waals surface area (Å²) in [7, 11) is 0. The van der Waals surface area contributed by atoms with Gasteiger partial charge in [-0.1, -0.05) is 44.2 Å². The van der Waals surface area contributed by atoms with Gasteiger partial charge < -0.3 is 0 Å². The number of hydrogen-bond acceptors (Lipinski definition) is 0. The van der Waals surface area contributed by atoms with Crippen LogP contribution in [0, 0.1) is 13.8 Å². The summed E-state index contributed by atoms with van der Waals surface area (Å²) < 4.78 is 0. The molecule has 2 rings (SSSR count). The van der Waals surface area contributed by atoms with E-state index in [1.165, 1.54) is 22.3 Å². The first kappa shape index (κ1) is 13.3. The molecule has 1 aliphatic carbocycles. The van der Waals surface area contributed by atoms with Crippen LogP contribution < -0.4 is 0 Å². The normalized spacial score (nSPS) is 12.6. The molecular weight excluding hydrogens is 204 g/mol. The zero-order chi connectivity index (χ0) is 12.7. The Bertz CT molecular complexity index is 493. The number of aryl methyl sites for hydroxylation is 2. The lowest BCUT2D eigenvalue weighted by Gasteiger charge is -2.05. The second kappa shape index (κ2) is 6.73. The van der Waals surface area contributed by atoms with E-state index in [2.05, 4.69) is 49.9 Å². The van der Waals surface area contributed by atoms with Gasteiger partial charge in [-0.2, -0.15) is 0 Å². The molecule has 0 spiro atoms. The molecule has 0 heterocycles. The van der Waals surface area contributed by atoms with Gasteiger partial charge in [0.05, 0.1) is 0 Å². The highest BCUT2D eigenvalue weighted by Gasteiger charge is 1.99. The molecule has 0 saturated heterocycles. The Morgan fingerprint density at radius 3 is 2.41 bits per heavy atom. The Morgan fingerprint density at radius 1 is 0.941 bits per heavy atom. The van der Waals surface area contributed by atoms with Gasteiger partial charge in [-0.15, -0.1) is 5.73 Å². The second-order valence-corrected chi connectivity index (χ2v) is 3.78. The standard InChI is InChI=1S/C15H14.C2H6/c1-12-9-10-15(11-13(12)2)14-7-5-3-4-6-8-14;1-2/h3,5-11H,1-2H3;1-2H3. The molecule has 0 bridgehead atoms. The summed E-state index contributed by atoms with van der Waals surface area (Å²) in [5.41, 5.74) is 8.24. The molecule has 88 valence electrons. The van der Waals surface area contributed by atoms with Gasteiger partial charge in [-0.25, -0.2) is 0 Å². The van der Waals surface area contributed by atoms with E-state index in [0.29, 0.717) is 0 Å². The van der Waals surface area contributed by atoms with Crippen LogP contribution in [0.5, 0.6) is 0 Å². The van der Waals surface area contributed by atoms with E-state index >= 15 is 0 Å². The van der Waals surface area contributed by atoms with Gasteiger partial charge in [0.1, 0.15) is 0 Å². The lowest BCUT2D eigenvalue weighted by molar-refractivity contribution is 1.33. The second-order valence-electron chi connectivity index (χ2n) is 3.78. The van der Waals surface area contributed by atoms with Gasteiger partial charge in [0.15, 0.2) is 0 Å². The highest BCUT2D eigenvalue weighted by atomic mass is 14.0. The Morgan fingerprint density at radius 2 is 1.71 bits per heavy atom. The van der Waals surface area contributed by atoms with E-state index in [1.54, 1.807) is 0 Å². The topological polar surface area (TPSA) is 0 Å². The fourth-order valence-corrected chi connectivity index (χ4v) is 1.57. The Hall–Kier alpha value is -1.78. The first-order valence-electron chi connectivity index (χ1n) is 6.14. The molecule has 17 heavy (non-hydrogen) atoms. The lowest BCUT2D eigenvalue weighted by Crippen LogP contribution is -1.85. The highest BCUT2D eigenvalue weighted by Crippen LogP contribution is 2.20. The Balaban J connectivity index is 0.000000686. The van der Waals surface area contributed by atoms with Crippen LogP contribution in [0.3, 0.4) is 0 Å². The van der Waals surface area contributed by atoms with Crippen molar-refractivity contribution in [1.82, 2.24) is 0 Å². The molecule has 0 N–H and O–H groups in total. The average molecular weight is 224 g/mol. The molecule has 0 unspecified atom stereocenters. The van der Waals surface area contributed by atoms with Gasteiger partial charge >= 0.3 is 0 Å². The van der Waals surface area contributed by atoms with Crippen molar-refractivity contribution in [2.24, 2.45) is 0 Å². The predicted molar refractivity (Wildman–Crippen MR) is 77.0 cm³/mol. The molecule has 0 radical (unpaired) electrons. The van der Waals surface area contributed by atoms with Crippen LogP contribution in [0.4, 0.5) is 0 Å². The zero-order valence-electron chi connectivity index (χ0n) is 11.1. The minimum absolute atomic E-state index is 1.24. The maximum atomic E-state index is 3.06. The summed E-state index contributed by atoms with van der Waals surface area (Å²) in [6, 6.07) is 6.56. The van der Waals surface area contributed by atoms with Crippen LogP contribution >= 0.6 is 0 Å². The molecule has 0 aromatic heterocycles. The van der Waals surface area contributed by atoms with Gasteiger partial charge in [-0.3, -0.25) is 0 Å². The van der Waals surface area contributed by atoms with Crippen molar-refractivity contribution in [3.63, 3.8) is 0 Å². The average Bonchev–Trinajstić information content (AvgIpc) is 2.64. The first-order valence-corrected chi connectivity index (χ1v) is 6.14. The van der Waals surface area contributed by atoms with Crippen LogP contribution in [0.1, 0.15) is 30.5 Å². The summed E-state index contributed by atoms with van der Waals surface area (Å²) >= 11 is 0. The van der Waals surface area contributed by atoms with Crippen LogP contribution in [-0.2, 0) is 0 Å². The van der Waals surface area contributed by atoms with Crippen molar-refractivity contribution in [3.05, 3.63) is 71.0 Å². The molecule has 1 aromatic carbocycles. The molecule has 0 heteroatoms. The SMILES string of the molecule is CC.Cc1ccc(C2=CC=C=CC=C2)cc1C. The molecule has 0 fully saturated rings. The van der Waals surface area contributed by atoms with E-state index in [4.69, 9.17) is 0 Å². The molecule has 0 atom stereocenters. The van der Waals surface area contributed by atoms with Crippen molar-refractivity contribution >= 4 is 5.57 Å². The van der Waals surface area contributed by atoms with Crippen molar-refractivity contribution in [1.29, 1.82) is 0 Å². The van der Waals surface area contributed by atoms with Crippen molar-refractivity contribution < 1.29 is 0 Å². The largest absolute Gasteiger partial charge is 0.121 e. The number of benzene rings is 1. The number of rotatable bonds is 1. The summed E-state index contributed by atoms with van der Waals surface area (Å²) in [4.78, 5) is 0. The molecular formula is C17H20. The third-order valence-corrected chi connectivity index (χ3v) is 2.67. The van der Waals surface area contributed by atoms with Gasteiger partial charge in [0.25, 0.3) is 0 Å². The van der Waals surface area contributed by atoms with E-state index in [9.17, 15) is 0 Å². The quantitative estimate of drug-likeness (QED) is 0.589. The summed E-state index contributed by atoms with van der Waals surface area (Å²) in [6.07, 6.45) is 10.1. The van der Waals surface area contributed by atoms with Crippen molar-refractivity contribution in [2.75, 3.05) is 0 Å². The van der Waals surface area contributed by atoms with E-state index in [-0.39, 0.29) is 0 Å². The van der Waals surface area contributed by atoms with Crippen LogP contribution in [0.15, 0.2) is 54.3 Å². The summed E-state index contributed by atoms with van der Waals surface area (Å²) in [5.74, 6) is 0. The minimum atomic E-state index is 1.24. The van der Waals surface area contributed by atoms with Gasteiger partial charge in [0.2, 0.25) is 0 Å². The highest BCUT2D eigenvalue weighted by molar-refractivity contribution is 5.76. The monoisotopic (exact) mass is 224 g/mol. The van der Waals surface area contributed by atoms with Crippen molar-refractivity contribution in [3.8, 4) is 0 Å².